The van der Waals surface area contributed by atoms with Crippen molar-refractivity contribution in [3.8, 4) is 5.75 Å². The van der Waals surface area contributed by atoms with Crippen LogP contribution in [-0.2, 0) is 9.59 Å². The first-order valence-electron chi connectivity index (χ1n) is 7.09. The average Bonchev–Trinajstić information content (AvgIpc) is 2.44. The van der Waals surface area contributed by atoms with Gasteiger partial charge in [-0.05, 0) is 25.0 Å². The number of amides is 1. The Morgan fingerprint density at radius 3 is 2.70 bits per heavy atom. The van der Waals surface area contributed by atoms with Gasteiger partial charge in [-0.3, -0.25) is 14.6 Å². The zero-order valence-corrected chi connectivity index (χ0v) is 11.3. The van der Waals surface area contributed by atoms with Gasteiger partial charge in [-0.1, -0.05) is 0 Å². The Hall–Kier alpha value is -1.91. The van der Waals surface area contributed by atoms with E-state index in [0.717, 1.165) is 5.75 Å². The number of aromatic nitrogens is 1. The maximum atomic E-state index is 12.2. The van der Waals surface area contributed by atoms with Crippen molar-refractivity contribution in [1.82, 2.24) is 9.88 Å². The van der Waals surface area contributed by atoms with Gasteiger partial charge in [0.05, 0.1) is 19.3 Å². The molecule has 0 radical (unpaired) electrons. The van der Waals surface area contributed by atoms with Crippen LogP contribution >= 0.6 is 0 Å². The molecule has 1 aliphatic heterocycles. The van der Waals surface area contributed by atoms with Crippen molar-refractivity contribution in [3.63, 3.8) is 0 Å². The standard InChI is InChI=1S/C15H18N2O3/c18-12-5-3-11(4-6-12)15(19)17-9-14(10-17)20-13-2-1-7-16-8-13/h1-2,7-8,11,14H,3-6,9-10H2. The quantitative estimate of drug-likeness (QED) is 0.836. The molecule has 5 nitrogen and oxygen atoms in total. The second-order valence-electron chi connectivity index (χ2n) is 5.48. The number of carbonyl (C=O) groups is 2. The molecule has 0 spiro atoms. The fourth-order valence-corrected chi connectivity index (χ4v) is 2.75. The van der Waals surface area contributed by atoms with Crippen LogP contribution in [-0.4, -0.2) is 40.8 Å². The summed E-state index contributed by atoms with van der Waals surface area (Å²) in [7, 11) is 0. The summed E-state index contributed by atoms with van der Waals surface area (Å²) in [4.78, 5) is 29.2. The van der Waals surface area contributed by atoms with Gasteiger partial charge in [0.2, 0.25) is 5.91 Å². The molecule has 2 fully saturated rings. The summed E-state index contributed by atoms with van der Waals surface area (Å²) >= 11 is 0. The van der Waals surface area contributed by atoms with Crippen LogP contribution in [0, 0.1) is 5.92 Å². The fourth-order valence-electron chi connectivity index (χ4n) is 2.75. The lowest BCUT2D eigenvalue weighted by atomic mass is 9.86. The van der Waals surface area contributed by atoms with Crippen LogP contribution in [0.2, 0.25) is 0 Å². The Kier molecular flexibility index (Phi) is 3.67. The van der Waals surface area contributed by atoms with Crippen LogP contribution in [0.1, 0.15) is 25.7 Å². The highest BCUT2D eigenvalue weighted by atomic mass is 16.5. The molecule has 1 aromatic rings. The Balaban J connectivity index is 1.45. The van der Waals surface area contributed by atoms with Gasteiger partial charge in [0.1, 0.15) is 17.6 Å². The van der Waals surface area contributed by atoms with Crippen molar-refractivity contribution in [2.45, 2.75) is 31.8 Å². The van der Waals surface area contributed by atoms with E-state index in [0.29, 0.717) is 38.8 Å². The van der Waals surface area contributed by atoms with Gasteiger partial charge < -0.3 is 9.64 Å². The van der Waals surface area contributed by atoms with Gasteiger partial charge in [0.25, 0.3) is 0 Å². The Bertz CT molecular complexity index is 487. The fraction of sp³-hybridized carbons (Fsp3) is 0.533. The lowest BCUT2D eigenvalue weighted by Crippen LogP contribution is -2.57. The molecule has 5 heteroatoms. The Morgan fingerprint density at radius 2 is 2.05 bits per heavy atom. The van der Waals surface area contributed by atoms with Crippen LogP contribution in [0.5, 0.6) is 5.75 Å². The minimum Gasteiger partial charge on any atom is -0.485 e. The number of likely N-dealkylation sites (tertiary alicyclic amines) is 1. The van der Waals surface area contributed by atoms with E-state index in [-0.39, 0.29) is 23.7 Å². The molecule has 1 aliphatic carbocycles. The predicted molar refractivity (Wildman–Crippen MR) is 72.2 cm³/mol. The van der Waals surface area contributed by atoms with Crippen molar-refractivity contribution >= 4 is 11.7 Å². The van der Waals surface area contributed by atoms with Gasteiger partial charge in [0, 0.05) is 25.0 Å². The smallest absolute Gasteiger partial charge is 0.225 e. The number of Topliss-reactive ketones (excluding diaryl/α,β-unsaturated/α-hetero) is 1. The van der Waals surface area contributed by atoms with E-state index < -0.39 is 0 Å². The monoisotopic (exact) mass is 274 g/mol. The molecule has 1 amide bonds. The van der Waals surface area contributed by atoms with Crippen molar-refractivity contribution in [1.29, 1.82) is 0 Å². The van der Waals surface area contributed by atoms with Gasteiger partial charge in [-0.25, -0.2) is 0 Å². The zero-order chi connectivity index (χ0) is 13.9. The molecule has 0 N–H and O–H groups in total. The number of nitrogens with zero attached hydrogens (tertiary/aromatic N) is 2. The van der Waals surface area contributed by atoms with Crippen LogP contribution in [0.3, 0.4) is 0 Å². The van der Waals surface area contributed by atoms with Crippen molar-refractivity contribution in [3.05, 3.63) is 24.5 Å². The second kappa shape index (κ2) is 5.61. The second-order valence-corrected chi connectivity index (χ2v) is 5.48. The molecule has 0 bridgehead atoms. The van der Waals surface area contributed by atoms with E-state index in [1.807, 2.05) is 17.0 Å². The lowest BCUT2D eigenvalue weighted by Gasteiger charge is -2.41. The number of hydrogen-bond donors (Lipinski definition) is 0. The summed E-state index contributed by atoms with van der Waals surface area (Å²) in [5, 5.41) is 0. The van der Waals surface area contributed by atoms with Crippen LogP contribution in [0.4, 0.5) is 0 Å². The van der Waals surface area contributed by atoms with Crippen molar-refractivity contribution in [2.24, 2.45) is 5.92 Å². The first-order chi connectivity index (χ1) is 9.72. The Labute approximate surface area is 117 Å². The maximum absolute atomic E-state index is 12.2. The van der Waals surface area contributed by atoms with Crippen molar-refractivity contribution in [2.75, 3.05) is 13.1 Å². The molecule has 1 saturated carbocycles. The topological polar surface area (TPSA) is 59.5 Å². The number of ketones is 1. The summed E-state index contributed by atoms with van der Waals surface area (Å²) in [6.07, 6.45) is 5.98. The van der Waals surface area contributed by atoms with Crippen molar-refractivity contribution < 1.29 is 14.3 Å². The first-order valence-corrected chi connectivity index (χ1v) is 7.09. The molecular formula is C15H18N2O3. The third-order valence-electron chi connectivity index (χ3n) is 3.99. The highest BCUT2D eigenvalue weighted by molar-refractivity contribution is 5.85. The molecule has 20 heavy (non-hydrogen) atoms. The molecule has 0 unspecified atom stereocenters. The van der Waals surface area contributed by atoms with Gasteiger partial charge in [0.15, 0.2) is 0 Å². The number of carbonyl (C=O) groups excluding carboxylic acids is 2. The summed E-state index contributed by atoms with van der Waals surface area (Å²) in [6.45, 7) is 1.27. The van der Waals surface area contributed by atoms with Crippen LogP contribution in [0.25, 0.3) is 0 Å². The van der Waals surface area contributed by atoms with E-state index in [2.05, 4.69) is 4.98 Å². The molecule has 1 aromatic heterocycles. The predicted octanol–water partition coefficient (Wildman–Crippen LogP) is 1.43. The van der Waals surface area contributed by atoms with E-state index in [1.165, 1.54) is 0 Å². The molecule has 0 atom stereocenters. The maximum Gasteiger partial charge on any atom is 0.225 e. The van der Waals surface area contributed by atoms with E-state index >= 15 is 0 Å². The molecule has 1 saturated heterocycles. The number of hydrogen-bond acceptors (Lipinski definition) is 4. The summed E-state index contributed by atoms with van der Waals surface area (Å²) < 4.78 is 5.72. The molecular weight excluding hydrogens is 256 g/mol. The molecule has 2 aliphatic rings. The minimum atomic E-state index is 0.0343. The van der Waals surface area contributed by atoms with Gasteiger partial charge in [-0.15, -0.1) is 0 Å². The number of rotatable bonds is 3. The largest absolute Gasteiger partial charge is 0.485 e. The molecule has 0 aromatic carbocycles. The number of ether oxygens (including phenoxy) is 1. The van der Waals surface area contributed by atoms with E-state index in [1.54, 1.807) is 12.4 Å². The lowest BCUT2D eigenvalue weighted by molar-refractivity contribution is -0.146. The summed E-state index contributed by atoms with van der Waals surface area (Å²) in [6, 6.07) is 3.69. The highest BCUT2D eigenvalue weighted by Gasteiger charge is 2.36. The molecule has 106 valence electrons. The van der Waals surface area contributed by atoms with E-state index in [4.69, 9.17) is 4.74 Å². The third-order valence-corrected chi connectivity index (χ3v) is 3.99. The molecule has 2 heterocycles. The average molecular weight is 274 g/mol. The summed E-state index contributed by atoms with van der Waals surface area (Å²) in [5.74, 6) is 1.25. The van der Waals surface area contributed by atoms with Crippen LogP contribution in [0.15, 0.2) is 24.5 Å². The minimum absolute atomic E-state index is 0.0343. The van der Waals surface area contributed by atoms with Gasteiger partial charge in [-0.2, -0.15) is 0 Å². The van der Waals surface area contributed by atoms with E-state index in [9.17, 15) is 9.59 Å². The zero-order valence-electron chi connectivity index (χ0n) is 11.3. The Morgan fingerprint density at radius 1 is 1.30 bits per heavy atom. The summed E-state index contributed by atoms with van der Waals surface area (Å²) in [5.41, 5.74) is 0. The number of pyridine rings is 1. The molecule has 3 rings (SSSR count). The third kappa shape index (κ3) is 2.81. The van der Waals surface area contributed by atoms with Gasteiger partial charge >= 0.3 is 0 Å². The SMILES string of the molecule is O=C1CCC(C(=O)N2CC(Oc3cccnc3)C2)CC1. The van der Waals surface area contributed by atoms with Crippen LogP contribution < -0.4 is 4.74 Å². The highest BCUT2D eigenvalue weighted by Crippen LogP contribution is 2.26. The first kappa shape index (κ1) is 13.1. The normalized spacial score (nSPS) is 20.6.